The Morgan fingerprint density at radius 1 is 1.12 bits per heavy atom. The molecule has 1 heterocycles. The summed E-state index contributed by atoms with van der Waals surface area (Å²) in [6.45, 7) is 1.81. The van der Waals surface area contributed by atoms with Gasteiger partial charge in [-0.25, -0.2) is 0 Å². The van der Waals surface area contributed by atoms with Crippen LogP contribution in [0.3, 0.4) is 0 Å². The first-order valence-electron chi connectivity index (χ1n) is 8.38. The molecule has 0 fully saturated rings. The summed E-state index contributed by atoms with van der Waals surface area (Å²) in [4.78, 5) is 37.8. The molecule has 6 nitrogen and oxygen atoms in total. The second-order valence-electron chi connectivity index (χ2n) is 6.18. The van der Waals surface area contributed by atoms with E-state index in [1.807, 2.05) is 25.1 Å². The van der Waals surface area contributed by atoms with Gasteiger partial charge in [-0.3, -0.25) is 14.4 Å². The van der Waals surface area contributed by atoms with Crippen LogP contribution in [0.5, 0.6) is 5.75 Å². The molecule has 3 rings (SSSR count). The van der Waals surface area contributed by atoms with Crippen molar-refractivity contribution in [1.82, 2.24) is 0 Å². The molecule has 0 unspecified atom stereocenters. The van der Waals surface area contributed by atoms with Crippen molar-refractivity contribution in [3.05, 3.63) is 53.6 Å². The molecule has 0 atom stereocenters. The molecule has 134 valence electrons. The fraction of sp³-hybridized carbons (Fsp3) is 0.250. The molecular weight excluding hydrogens is 332 g/mol. The third-order valence-electron chi connectivity index (χ3n) is 4.37. The minimum atomic E-state index is -0.275. The molecule has 0 spiro atoms. The van der Waals surface area contributed by atoms with Gasteiger partial charge in [-0.15, -0.1) is 0 Å². The zero-order chi connectivity index (χ0) is 18.7. The molecule has 2 aromatic rings. The summed E-state index contributed by atoms with van der Waals surface area (Å²) in [6, 6.07) is 12.5. The molecule has 0 aromatic heterocycles. The fourth-order valence-corrected chi connectivity index (χ4v) is 2.86. The Labute approximate surface area is 151 Å². The Morgan fingerprint density at radius 3 is 2.65 bits per heavy atom. The molecule has 0 saturated carbocycles. The number of likely N-dealkylation sites (N-methyl/N-ethyl adjacent to an activating group) is 1. The summed E-state index contributed by atoms with van der Waals surface area (Å²) in [7, 11) is 1.66. The van der Waals surface area contributed by atoms with E-state index in [1.54, 1.807) is 31.3 Å². The standard InChI is InChI=1S/C20H20N2O4/c1-13-6-3-4-7-14(13)17(23)10-11-18(24)21-15-8-5-9-16-20(15)26-12-19(25)22(16)2/h3-9H,10-12H2,1-2H3,(H,21,24). The zero-order valence-electron chi connectivity index (χ0n) is 14.7. The van der Waals surface area contributed by atoms with Gasteiger partial charge >= 0.3 is 0 Å². The molecule has 0 radical (unpaired) electrons. The predicted molar refractivity (Wildman–Crippen MR) is 98.7 cm³/mol. The maximum atomic E-state index is 12.3. The number of ketones is 1. The van der Waals surface area contributed by atoms with Crippen LogP contribution in [0.15, 0.2) is 42.5 Å². The van der Waals surface area contributed by atoms with Crippen molar-refractivity contribution in [2.45, 2.75) is 19.8 Å². The molecule has 0 saturated heterocycles. The number of anilines is 2. The topological polar surface area (TPSA) is 75.7 Å². The van der Waals surface area contributed by atoms with E-state index in [4.69, 9.17) is 4.74 Å². The summed E-state index contributed by atoms with van der Waals surface area (Å²) >= 11 is 0. The van der Waals surface area contributed by atoms with E-state index in [-0.39, 0.29) is 37.0 Å². The Kier molecular flexibility index (Phi) is 5.02. The molecule has 26 heavy (non-hydrogen) atoms. The van der Waals surface area contributed by atoms with Crippen molar-refractivity contribution >= 4 is 29.0 Å². The van der Waals surface area contributed by atoms with E-state index in [0.29, 0.717) is 22.7 Å². The third-order valence-corrected chi connectivity index (χ3v) is 4.37. The van der Waals surface area contributed by atoms with Crippen LogP contribution in [0.1, 0.15) is 28.8 Å². The van der Waals surface area contributed by atoms with Crippen molar-refractivity contribution in [2.24, 2.45) is 0 Å². The Bertz CT molecular complexity index is 876. The van der Waals surface area contributed by atoms with E-state index in [1.165, 1.54) is 4.90 Å². The molecule has 1 aliphatic heterocycles. The number of carbonyl (C=O) groups excluding carboxylic acids is 3. The highest BCUT2D eigenvalue weighted by Crippen LogP contribution is 2.38. The smallest absolute Gasteiger partial charge is 0.264 e. The lowest BCUT2D eigenvalue weighted by molar-refractivity contribution is -0.121. The lowest BCUT2D eigenvalue weighted by Crippen LogP contribution is -2.35. The van der Waals surface area contributed by atoms with Crippen LogP contribution in [-0.4, -0.2) is 31.3 Å². The van der Waals surface area contributed by atoms with Gasteiger partial charge < -0.3 is 15.0 Å². The van der Waals surface area contributed by atoms with E-state index >= 15 is 0 Å². The quantitative estimate of drug-likeness (QED) is 0.840. The number of ether oxygens (including phenoxy) is 1. The van der Waals surface area contributed by atoms with Gasteiger partial charge in [0.25, 0.3) is 5.91 Å². The van der Waals surface area contributed by atoms with Gasteiger partial charge in [-0.05, 0) is 24.6 Å². The SMILES string of the molecule is Cc1ccccc1C(=O)CCC(=O)Nc1cccc2c1OCC(=O)N2C. The molecule has 2 amide bonds. The van der Waals surface area contributed by atoms with Gasteiger partial charge in [0.05, 0.1) is 11.4 Å². The summed E-state index contributed by atoms with van der Waals surface area (Å²) in [6.07, 6.45) is 0.205. The van der Waals surface area contributed by atoms with Crippen molar-refractivity contribution in [1.29, 1.82) is 0 Å². The van der Waals surface area contributed by atoms with Gasteiger partial charge in [0.2, 0.25) is 5.91 Å². The molecular formula is C20H20N2O4. The van der Waals surface area contributed by atoms with Crippen LogP contribution in [-0.2, 0) is 9.59 Å². The number of Topliss-reactive ketones (excluding diaryl/α,β-unsaturated/α-hetero) is 1. The monoisotopic (exact) mass is 352 g/mol. The second-order valence-corrected chi connectivity index (χ2v) is 6.18. The van der Waals surface area contributed by atoms with E-state index in [0.717, 1.165) is 5.56 Å². The van der Waals surface area contributed by atoms with Crippen LogP contribution in [0.4, 0.5) is 11.4 Å². The normalized spacial score (nSPS) is 13.0. The summed E-state index contributed by atoms with van der Waals surface area (Å²) in [5, 5.41) is 2.77. The highest BCUT2D eigenvalue weighted by molar-refractivity contribution is 6.03. The number of nitrogens with zero attached hydrogens (tertiary/aromatic N) is 1. The van der Waals surface area contributed by atoms with Gasteiger partial charge in [-0.1, -0.05) is 30.3 Å². The van der Waals surface area contributed by atoms with Gasteiger partial charge in [0.15, 0.2) is 18.1 Å². The number of hydrogen-bond donors (Lipinski definition) is 1. The zero-order valence-corrected chi connectivity index (χ0v) is 14.7. The first-order valence-corrected chi connectivity index (χ1v) is 8.38. The minimum Gasteiger partial charge on any atom is -0.479 e. The summed E-state index contributed by atoms with van der Waals surface area (Å²) in [5.41, 5.74) is 2.64. The molecule has 2 aromatic carbocycles. The van der Waals surface area contributed by atoms with Gasteiger partial charge in [0, 0.05) is 25.5 Å². The summed E-state index contributed by atoms with van der Waals surface area (Å²) < 4.78 is 5.48. The van der Waals surface area contributed by atoms with E-state index < -0.39 is 0 Å². The third kappa shape index (κ3) is 3.59. The number of aryl methyl sites for hydroxylation is 1. The largest absolute Gasteiger partial charge is 0.479 e. The van der Waals surface area contributed by atoms with Gasteiger partial charge in [-0.2, -0.15) is 0 Å². The van der Waals surface area contributed by atoms with Crippen LogP contribution in [0.25, 0.3) is 0 Å². The molecule has 0 bridgehead atoms. The molecule has 0 aliphatic carbocycles. The summed E-state index contributed by atoms with van der Waals surface area (Å²) in [5.74, 6) is -0.0172. The first kappa shape index (κ1) is 17.7. The minimum absolute atomic E-state index is 0.0603. The maximum absolute atomic E-state index is 12.3. The number of nitrogens with one attached hydrogen (secondary N) is 1. The van der Waals surface area contributed by atoms with Crippen LogP contribution < -0.4 is 15.0 Å². The molecule has 1 aliphatic rings. The Morgan fingerprint density at radius 2 is 1.88 bits per heavy atom. The van der Waals surface area contributed by atoms with Crippen molar-refractivity contribution in [2.75, 3.05) is 23.9 Å². The van der Waals surface area contributed by atoms with Crippen LogP contribution >= 0.6 is 0 Å². The fourth-order valence-electron chi connectivity index (χ4n) is 2.86. The van der Waals surface area contributed by atoms with Crippen molar-refractivity contribution < 1.29 is 19.1 Å². The van der Waals surface area contributed by atoms with E-state index in [2.05, 4.69) is 5.32 Å². The number of benzene rings is 2. The average Bonchev–Trinajstić information content (AvgIpc) is 2.63. The Balaban J connectivity index is 1.65. The van der Waals surface area contributed by atoms with Gasteiger partial charge in [0.1, 0.15) is 0 Å². The Hall–Kier alpha value is -3.15. The number of rotatable bonds is 5. The number of fused-ring (bicyclic) bond motifs is 1. The predicted octanol–water partition coefficient (Wildman–Crippen LogP) is 2.95. The van der Waals surface area contributed by atoms with E-state index in [9.17, 15) is 14.4 Å². The van der Waals surface area contributed by atoms with Crippen molar-refractivity contribution in [3.8, 4) is 5.75 Å². The first-order chi connectivity index (χ1) is 12.5. The molecule has 6 heteroatoms. The highest BCUT2D eigenvalue weighted by atomic mass is 16.5. The van der Waals surface area contributed by atoms with Crippen molar-refractivity contribution in [3.63, 3.8) is 0 Å². The number of para-hydroxylation sites is 1. The maximum Gasteiger partial charge on any atom is 0.264 e. The number of amides is 2. The lowest BCUT2D eigenvalue weighted by atomic mass is 10.0. The van der Waals surface area contributed by atoms with Crippen LogP contribution in [0.2, 0.25) is 0 Å². The lowest BCUT2D eigenvalue weighted by Gasteiger charge is -2.27. The number of carbonyl (C=O) groups is 3. The van der Waals surface area contributed by atoms with Crippen LogP contribution in [0, 0.1) is 6.92 Å². The number of hydrogen-bond acceptors (Lipinski definition) is 4. The molecule has 1 N–H and O–H groups in total. The second kappa shape index (κ2) is 7.39. The average molecular weight is 352 g/mol. The highest BCUT2D eigenvalue weighted by Gasteiger charge is 2.25.